The molecule has 2 aromatic carbocycles. The molecule has 0 fully saturated rings. The van der Waals surface area contributed by atoms with Crippen LogP contribution in [0.15, 0.2) is 47.3 Å². The van der Waals surface area contributed by atoms with E-state index in [1.165, 1.54) is 28.5 Å². The van der Waals surface area contributed by atoms with Crippen molar-refractivity contribution in [2.24, 2.45) is 0 Å². The van der Waals surface area contributed by atoms with Gasteiger partial charge in [-0.05, 0) is 24.6 Å². The van der Waals surface area contributed by atoms with Crippen molar-refractivity contribution in [3.63, 3.8) is 0 Å². The van der Waals surface area contributed by atoms with Gasteiger partial charge < -0.3 is 9.47 Å². The molecule has 0 aliphatic carbocycles. The quantitative estimate of drug-likeness (QED) is 0.487. The lowest BCUT2D eigenvalue weighted by Gasteiger charge is -2.10. The molecule has 0 spiro atoms. The minimum Gasteiger partial charge on any atom is -0.497 e. The summed E-state index contributed by atoms with van der Waals surface area (Å²) in [6, 6.07) is 11.2. The number of nitro groups is 1. The van der Waals surface area contributed by atoms with Crippen molar-refractivity contribution in [3.05, 3.63) is 74.5 Å². The summed E-state index contributed by atoms with van der Waals surface area (Å²) in [5.74, 6) is 1.58. The predicted octanol–water partition coefficient (Wildman–Crippen LogP) is 2.32. The molecule has 0 aliphatic heterocycles. The second-order valence-corrected chi connectivity index (χ2v) is 5.78. The highest BCUT2D eigenvalue weighted by Crippen LogP contribution is 2.27. The van der Waals surface area contributed by atoms with Gasteiger partial charge in [-0.2, -0.15) is 5.10 Å². The zero-order valence-electron chi connectivity index (χ0n) is 15.1. The summed E-state index contributed by atoms with van der Waals surface area (Å²) in [6.07, 6.45) is 0. The first-order valence-electron chi connectivity index (χ1n) is 8.06. The van der Waals surface area contributed by atoms with E-state index < -0.39 is 4.92 Å². The summed E-state index contributed by atoms with van der Waals surface area (Å²) in [7, 11) is 3.06. The van der Waals surface area contributed by atoms with Gasteiger partial charge in [-0.3, -0.25) is 10.1 Å². The highest BCUT2D eigenvalue weighted by atomic mass is 16.6. The Morgan fingerprint density at radius 2 is 1.81 bits per heavy atom. The number of aryl methyl sites for hydroxylation is 1. The highest BCUT2D eigenvalue weighted by Gasteiger charge is 2.16. The maximum atomic E-state index is 12.9. The average molecular weight is 370 g/mol. The first-order valence-corrected chi connectivity index (χ1v) is 8.06. The molecular formula is C18H18N4O5. The maximum Gasteiger partial charge on any atom is 0.351 e. The Morgan fingerprint density at radius 1 is 1.11 bits per heavy atom. The van der Waals surface area contributed by atoms with Crippen molar-refractivity contribution in [2.75, 3.05) is 14.2 Å². The fourth-order valence-electron chi connectivity index (χ4n) is 2.76. The fraction of sp³-hybridized carbons (Fsp3) is 0.222. The fourth-order valence-corrected chi connectivity index (χ4v) is 2.76. The van der Waals surface area contributed by atoms with Crippen molar-refractivity contribution in [1.82, 2.24) is 14.3 Å². The molecule has 0 radical (unpaired) electrons. The molecule has 140 valence electrons. The minimum atomic E-state index is -0.467. The zero-order valence-corrected chi connectivity index (χ0v) is 15.1. The van der Waals surface area contributed by atoms with Crippen LogP contribution in [0.4, 0.5) is 5.69 Å². The minimum absolute atomic E-state index is 0.00391. The maximum absolute atomic E-state index is 12.9. The molecule has 0 saturated carbocycles. The zero-order chi connectivity index (χ0) is 19.6. The van der Waals surface area contributed by atoms with Gasteiger partial charge in [-0.1, -0.05) is 12.1 Å². The molecule has 9 nitrogen and oxygen atoms in total. The molecule has 0 atom stereocenters. The van der Waals surface area contributed by atoms with Crippen LogP contribution in [0.5, 0.6) is 11.5 Å². The number of aromatic nitrogens is 3. The summed E-state index contributed by atoms with van der Waals surface area (Å²) < 4.78 is 13.3. The van der Waals surface area contributed by atoms with Crippen LogP contribution in [0.1, 0.15) is 11.4 Å². The van der Waals surface area contributed by atoms with Gasteiger partial charge in [0.15, 0.2) is 0 Å². The van der Waals surface area contributed by atoms with Gasteiger partial charge >= 0.3 is 5.69 Å². The number of hydrogen-bond donors (Lipinski definition) is 0. The summed E-state index contributed by atoms with van der Waals surface area (Å²) >= 11 is 0. The van der Waals surface area contributed by atoms with Crippen LogP contribution in [0.2, 0.25) is 0 Å². The summed E-state index contributed by atoms with van der Waals surface area (Å²) in [5, 5.41) is 15.1. The van der Waals surface area contributed by atoms with E-state index in [1.807, 2.05) is 0 Å². The van der Waals surface area contributed by atoms with Crippen LogP contribution in [0.25, 0.3) is 5.69 Å². The van der Waals surface area contributed by atoms with E-state index in [-0.39, 0.29) is 17.9 Å². The van der Waals surface area contributed by atoms with Crippen LogP contribution in [-0.2, 0) is 6.54 Å². The summed E-state index contributed by atoms with van der Waals surface area (Å²) in [5.41, 5.74) is 0.940. The first kappa shape index (κ1) is 18.2. The SMILES string of the molecule is COc1ccc(-n2c(C)nn(Cc3ccc([N+](=O)[O-])cc3)c2=O)c(OC)c1. The van der Waals surface area contributed by atoms with Gasteiger partial charge in [-0.25, -0.2) is 14.0 Å². The Morgan fingerprint density at radius 3 is 2.41 bits per heavy atom. The van der Waals surface area contributed by atoms with E-state index in [0.29, 0.717) is 23.0 Å². The molecule has 1 aromatic heterocycles. The normalized spacial score (nSPS) is 10.6. The van der Waals surface area contributed by atoms with Crippen molar-refractivity contribution in [3.8, 4) is 17.2 Å². The number of benzene rings is 2. The molecule has 0 aliphatic rings. The Balaban J connectivity index is 1.98. The van der Waals surface area contributed by atoms with E-state index in [4.69, 9.17) is 9.47 Å². The molecule has 3 aromatic rings. The van der Waals surface area contributed by atoms with Gasteiger partial charge in [0, 0.05) is 18.2 Å². The number of hydrogen-bond acceptors (Lipinski definition) is 6. The van der Waals surface area contributed by atoms with E-state index in [2.05, 4.69) is 5.10 Å². The van der Waals surface area contributed by atoms with Crippen LogP contribution >= 0.6 is 0 Å². The molecule has 1 heterocycles. The van der Waals surface area contributed by atoms with E-state index in [1.54, 1.807) is 44.4 Å². The molecule has 0 bridgehead atoms. The largest absolute Gasteiger partial charge is 0.497 e. The molecule has 0 amide bonds. The van der Waals surface area contributed by atoms with Gasteiger partial charge in [0.2, 0.25) is 0 Å². The lowest BCUT2D eigenvalue weighted by molar-refractivity contribution is -0.384. The van der Waals surface area contributed by atoms with Crippen molar-refractivity contribution >= 4 is 5.69 Å². The third-order valence-electron chi connectivity index (χ3n) is 4.11. The van der Waals surface area contributed by atoms with E-state index in [0.717, 1.165) is 5.56 Å². The summed E-state index contributed by atoms with van der Waals surface area (Å²) in [6.45, 7) is 1.92. The number of non-ortho nitro benzene ring substituents is 1. The number of nitrogens with zero attached hydrogens (tertiary/aromatic N) is 4. The predicted molar refractivity (Wildman–Crippen MR) is 97.9 cm³/mol. The Bertz CT molecular complexity index is 1040. The van der Waals surface area contributed by atoms with Crippen LogP contribution in [0.3, 0.4) is 0 Å². The molecular weight excluding hydrogens is 352 g/mol. The number of methoxy groups -OCH3 is 2. The second kappa shape index (κ2) is 7.32. The van der Waals surface area contributed by atoms with E-state index in [9.17, 15) is 14.9 Å². The Kier molecular flexibility index (Phi) is 4.93. The van der Waals surface area contributed by atoms with Gasteiger partial charge in [0.1, 0.15) is 17.3 Å². The lowest BCUT2D eigenvalue weighted by atomic mass is 10.2. The standard InChI is InChI=1S/C18H18N4O5/c1-12-19-20(11-13-4-6-14(7-5-13)22(24)25)18(23)21(12)16-9-8-15(26-2)10-17(16)27-3/h4-10H,11H2,1-3H3. The van der Waals surface area contributed by atoms with Crippen molar-refractivity contribution in [1.29, 1.82) is 0 Å². The summed E-state index contributed by atoms with van der Waals surface area (Å²) in [4.78, 5) is 23.1. The van der Waals surface area contributed by atoms with Gasteiger partial charge in [0.25, 0.3) is 5.69 Å². The van der Waals surface area contributed by atoms with E-state index >= 15 is 0 Å². The van der Waals surface area contributed by atoms with Crippen LogP contribution in [-0.4, -0.2) is 33.5 Å². The third kappa shape index (κ3) is 3.52. The molecule has 27 heavy (non-hydrogen) atoms. The Labute approximate surface area is 154 Å². The molecule has 3 rings (SSSR count). The number of nitro benzene ring substituents is 1. The third-order valence-corrected chi connectivity index (χ3v) is 4.11. The van der Waals surface area contributed by atoms with Crippen LogP contribution < -0.4 is 15.2 Å². The first-order chi connectivity index (χ1) is 12.9. The topological polar surface area (TPSA) is 101 Å². The Hall–Kier alpha value is -3.62. The lowest BCUT2D eigenvalue weighted by Crippen LogP contribution is -2.25. The molecule has 0 N–H and O–H groups in total. The van der Waals surface area contributed by atoms with Crippen LogP contribution in [0, 0.1) is 17.0 Å². The van der Waals surface area contributed by atoms with Crippen molar-refractivity contribution in [2.45, 2.75) is 13.5 Å². The average Bonchev–Trinajstić information content (AvgIpc) is 2.94. The molecule has 0 unspecified atom stereocenters. The van der Waals surface area contributed by atoms with Gasteiger partial charge in [0.05, 0.1) is 31.4 Å². The number of rotatable bonds is 6. The number of ether oxygens (including phenoxy) is 2. The monoisotopic (exact) mass is 370 g/mol. The molecule has 9 heteroatoms. The smallest absolute Gasteiger partial charge is 0.351 e. The highest BCUT2D eigenvalue weighted by molar-refractivity contribution is 5.51. The van der Waals surface area contributed by atoms with Gasteiger partial charge in [-0.15, -0.1) is 0 Å². The second-order valence-electron chi connectivity index (χ2n) is 5.78. The molecule has 0 saturated heterocycles. The van der Waals surface area contributed by atoms with Crippen molar-refractivity contribution < 1.29 is 14.4 Å².